The molecule has 14 heavy (non-hydrogen) atoms. The summed E-state index contributed by atoms with van der Waals surface area (Å²) >= 11 is 0. The summed E-state index contributed by atoms with van der Waals surface area (Å²) in [4.78, 5) is 10.6. The van der Waals surface area contributed by atoms with Gasteiger partial charge >= 0.3 is 0 Å². The zero-order valence-electron chi connectivity index (χ0n) is 7.47. The number of ether oxygens (including phenoxy) is 2. The number of hydrogen-bond donors (Lipinski definition) is 1. The normalized spacial score (nSPS) is 19.0. The van der Waals surface area contributed by atoms with E-state index in [1.165, 1.54) is 6.07 Å². The van der Waals surface area contributed by atoms with E-state index in [-0.39, 0.29) is 17.4 Å². The van der Waals surface area contributed by atoms with Gasteiger partial charge in [0, 0.05) is 0 Å². The maximum absolute atomic E-state index is 10.6. The van der Waals surface area contributed by atoms with Crippen LogP contribution in [0.3, 0.4) is 0 Å². The number of benzene rings is 1. The summed E-state index contributed by atoms with van der Waals surface area (Å²) in [6.07, 6.45) is 0.718. The first-order chi connectivity index (χ1) is 6.81. The minimum Gasteiger partial charge on any atom is -0.507 e. The SMILES string of the molecule is O=Cc1c(O)cccc1OCC1CO1. The average Bonchev–Trinajstić information content (AvgIpc) is 2.98. The first-order valence-electron chi connectivity index (χ1n) is 4.33. The maximum atomic E-state index is 10.6. The maximum Gasteiger partial charge on any atom is 0.157 e. The standard InChI is InChI=1S/C10H10O4/c11-4-8-9(12)2-1-3-10(8)14-6-7-5-13-7/h1-4,7,12H,5-6H2. The first kappa shape index (κ1) is 9.02. The molecule has 4 nitrogen and oxygen atoms in total. The molecule has 1 fully saturated rings. The molecule has 0 spiro atoms. The van der Waals surface area contributed by atoms with Gasteiger partial charge in [-0.25, -0.2) is 0 Å². The summed E-state index contributed by atoms with van der Waals surface area (Å²) in [6.45, 7) is 1.12. The van der Waals surface area contributed by atoms with E-state index in [1.54, 1.807) is 12.1 Å². The summed E-state index contributed by atoms with van der Waals surface area (Å²) in [5.74, 6) is 0.338. The Hall–Kier alpha value is -1.55. The van der Waals surface area contributed by atoms with Crippen LogP contribution in [0, 0.1) is 0 Å². The molecule has 0 bridgehead atoms. The predicted molar refractivity (Wildman–Crippen MR) is 48.7 cm³/mol. The van der Waals surface area contributed by atoms with Crippen LogP contribution < -0.4 is 4.74 Å². The van der Waals surface area contributed by atoms with E-state index in [9.17, 15) is 9.90 Å². The van der Waals surface area contributed by atoms with Crippen molar-refractivity contribution in [1.29, 1.82) is 0 Å². The number of hydrogen-bond acceptors (Lipinski definition) is 4. The molecule has 0 amide bonds. The van der Waals surface area contributed by atoms with Crippen LogP contribution in [-0.2, 0) is 4.74 Å². The number of carbonyl (C=O) groups excluding carboxylic acids is 1. The van der Waals surface area contributed by atoms with Gasteiger partial charge in [-0.15, -0.1) is 0 Å². The number of epoxide rings is 1. The van der Waals surface area contributed by atoms with Gasteiger partial charge in [-0.2, -0.15) is 0 Å². The Bertz CT molecular complexity index is 344. The second-order valence-electron chi connectivity index (χ2n) is 3.07. The molecule has 4 heteroatoms. The third-order valence-electron chi connectivity index (χ3n) is 1.99. The molecule has 1 unspecified atom stereocenters. The molecular weight excluding hydrogens is 184 g/mol. The predicted octanol–water partition coefficient (Wildman–Crippen LogP) is 0.982. The van der Waals surface area contributed by atoms with Crippen LogP contribution in [0.15, 0.2) is 18.2 Å². The Labute approximate surface area is 81.1 Å². The van der Waals surface area contributed by atoms with Crippen LogP contribution in [0.4, 0.5) is 0 Å². The molecular formula is C10H10O4. The molecule has 1 N–H and O–H groups in total. The average molecular weight is 194 g/mol. The van der Waals surface area contributed by atoms with Crippen molar-refractivity contribution in [2.24, 2.45) is 0 Å². The lowest BCUT2D eigenvalue weighted by atomic mass is 10.2. The van der Waals surface area contributed by atoms with Gasteiger partial charge in [0.1, 0.15) is 24.2 Å². The summed E-state index contributed by atoms with van der Waals surface area (Å²) in [5, 5.41) is 9.33. The molecule has 0 saturated carbocycles. The van der Waals surface area contributed by atoms with Gasteiger partial charge in [-0.3, -0.25) is 4.79 Å². The Morgan fingerprint density at radius 1 is 1.64 bits per heavy atom. The van der Waals surface area contributed by atoms with Crippen molar-refractivity contribution in [2.45, 2.75) is 6.10 Å². The molecule has 0 radical (unpaired) electrons. The minimum absolute atomic E-state index is 0.0609. The molecule has 1 aliphatic rings. The Morgan fingerprint density at radius 2 is 2.43 bits per heavy atom. The largest absolute Gasteiger partial charge is 0.507 e. The lowest BCUT2D eigenvalue weighted by Crippen LogP contribution is -2.05. The second-order valence-corrected chi connectivity index (χ2v) is 3.07. The number of phenols is 1. The van der Waals surface area contributed by atoms with E-state index in [0.717, 1.165) is 0 Å². The van der Waals surface area contributed by atoms with E-state index in [4.69, 9.17) is 9.47 Å². The molecule has 0 aromatic heterocycles. The highest BCUT2D eigenvalue weighted by molar-refractivity contribution is 5.83. The topological polar surface area (TPSA) is 59.1 Å². The molecule has 1 heterocycles. The van der Waals surface area contributed by atoms with Crippen LogP contribution in [0.2, 0.25) is 0 Å². The van der Waals surface area contributed by atoms with Gasteiger partial charge in [-0.05, 0) is 12.1 Å². The molecule has 1 aromatic carbocycles. The van der Waals surface area contributed by atoms with Crippen molar-refractivity contribution in [1.82, 2.24) is 0 Å². The van der Waals surface area contributed by atoms with Crippen LogP contribution in [0.25, 0.3) is 0 Å². The number of aromatic hydroxyl groups is 1. The highest BCUT2D eigenvalue weighted by Crippen LogP contribution is 2.26. The summed E-state index contributed by atoms with van der Waals surface area (Å²) in [5.41, 5.74) is 0.188. The van der Waals surface area contributed by atoms with Crippen molar-refractivity contribution < 1.29 is 19.4 Å². The summed E-state index contributed by atoms with van der Waals surface area (Å²) < 4.78 is 10.3. The van der Waals surface area contributed by atoms with Crippen LogP contribution in [0.1, 0.15) is 10.4 Å². The molecule has 1 saturated heterocycles. The van der Waals surface area contributed by atoms with Gasteiger partial charge in [-0.1, -0.05) is 6.07 Å². The number of rotatable bonds is 4. The van der Waals surface area contributed by atoms with Crippen molar-refractivity contribution in [2.75, 3.05) is 13.2 Å². The van der Waals surface area contributed by atoms with Gasteiger partial charge in [0.15, 0.2) is 6.29 Å². The third-order valence-corrected chi connectivity index (χ3v) is 1.99. The molecule has 1 atom stereocenters. The molecule has 1 aromatic rings. The number of aldehydes is 1. The van der Waals surface area contributed by atoms with Crippen LogP contribution >= 0.6 is 0 Å². The van der Waals surface area contributed by atoms with Gasteiger partial charge in [0.05, 0.1) is 12.2 Å². The quantitative estimate of drug-likeness (QED) is 0.573. The Morgan fingerprint density at radius 3 is 3.07 bits per heavy atom. The van der Waals surface area contributed by atoms with Gasteiger partial charge in [0.25, 0.3) is 0 Å². The van der Waals surface area contributed by atoms with E-state index in [2.05, 4.69) is 0 Å². The Balaban J connectivity index is 2.13. The lowest BCUT2D eigenvalue weighted by Gasteiger charge is -2.07. The van der Waals surface area contributed by atoms with E-state index in [1.807, 2.05) is 0 Å². The van der Waals surface area contributed by atoms with Crippen molar-refractivity contribution in [3.63, 3.8) is 0 Å². The van der Waals surface area contributed by atoms with E-state index < -0.39 is 0 Å². The van der Waals surface area contributed by atoms with Crippen LogP contribution in [0.5, 0.6) is 11.5 Å². The Kier molecular flexibility index (Phi) is 2.37. The monoisotopic (exact) mass is 194 g/mol. The van der Waals surface area contributed by atoms with Gasteiger partial charge < -0.3 is 14.6 Å². The fourth-order valence-electron chi connectivity index (χ4n) is 1.12. The van der Waals surface area contributed by atoms with Crippen LogP contribution in [-0.4, -0.2) is 30.7 Å². The van der Waals surface area contributed by atoms with Crippen molar-refractivity contribution in [3.05, 3.63) is 23.8 Å². The van der Waals surface area contributed by atoms with Crippen molar-refractivity contribution >= 4 is 6.29 Å². The second kappa shape index (κ2) is 3.67. The number of carbonyl (C=O) groups is 1. The summed E-state index contributed by atoms with van der Waals surface area (Å²) in [7, 11) is 0. The van der Waals surface area contributed by atoms with E-state index in [0.29, 0.717) is 25.2 Å². The number of phenolic OH excluding ortho intramolecular Hbond substituents is 1. The minimum atomic E-state index is -0.0609. The lowest BCUT2D eigenvalue weighted by molar-refractivity contribution is 0.111. The third kappa shape index (κ3) is 1.85. The molecule has 0 aliphatic carbocycles. The fraction of sp³-hybridized carbons (Fsp3) is 0.300. The fourth-order valence-corrected chi connectivity index (χ4v) is 1.12. The zero-order chi connectivity index (χ0) is 9.97. The smallest absolute Gasteiger partial charge is 0.157 e. The molecule has 74 valence electrons. The zero-order valence-corrected chi connectivity index (χ0v) is 7.47. The molecule has 1 aliphatic heterocycles. The van der Waals surface area contributed by atoms with Crippen molar-refractivity contribution in [3.8, 4) is 11.5 Å². The molecule has 2 rings (SSSR count). The highest BCUT2D eigenvalue weighted by atomic mass is 16.6. The first-order valence-corrected chi connectivity index (χ1v) is 4.33. The van der Waals surface area contributed by atoms with Gasteiger partial charge in [0.2, 0.25) is 0 Å². The highest BCUT2D eigenvalue weighted by Gasteiger charge is 2.23. The summed E-state index contributed by atoms with van der Waals surface area (Å²) in [6, 6.07) is 4.72. The van der Waals surface area contributed by atoms with E-state index >= 15 is 0 Å².